The molecule has 5 nitrogen and oxygen atoms in total. The second kappa shape index (κ2) is 9.47. The van der Waals surface area contributed by atoms with E-state index >= 15 is 0 Å². The highest BCUT2D eigenvalue weighted by atomic mass is 16.6. The van der Waals surface area contributed by atoms with Crippen LogP contribution in [0.1, 0.15) is 35.7 Å². The molecule has 0 radical (unpaired) electrons. The predicted octanol–water partition coefficient (Wildman–Crippen LogP) is 3.51. The van der Waals surface area contributed by atoms with E-state index in [1.165, 1.54) is 0 Å². The van der Waals surface area contributed by atoms with E-state index < -0.39 is 5.97 Å². The second-order valence-corrected chi connectivity index (χ2v) is 5.64. The van der Waals surface area contributed by atoms with Gasteiger partial charge in [-0.25, -0.2) is 0 Å². The summed E-state index contributed by atoms with van der Waals surface area (Å²) in [5.74, 6) is 0.313. The summed E-state index contributed by atoms with van der Waals surface area (Å²) in [6.45, 7) is 4.70. The van der Waals surface area contributed by atoms with Crippen molar-refractivity contribution < 1.29 is 19.1 Å². The maximum absolute atomic E-state index is 12.0. The molecule has 2 aromatic carbocycles. The van der Waals surface area contributed by atoms with Crippen molar-refractivity contribution in [2.45, 2.75) is 26.7 Å². The Labute approximate surface area is 148 Å². The first-order valence-electron chi connectivity index (χ1n) is 8.37. The number of hydrogen-bond acceptors (Lipinski definition) is 4. The number of rotatable bonds is 8. The van der Waals surface area contributed by atoms with E-state index in [4.69, 9.17) is 9.47 Å². The van der Waals surface area contributed by atoms with E-state index in [1.807, 2.05) is 32.0 Å². The molecule has 0 atom stereocenters. The number of carbonyl (C=O) groups is 2. The van der Waals surface area contributed by atoms with Gasteiger partial charge in [0.25, 0.3) is 5.91 Å². The van der Waals surface area contributed by atoms with Crippen molar-refractivity contribution in [1.29, 1.82) is 0 Å². The number of ether oxygens (including phenoxy) is 2. The molecule has 0 aliphatic rings. The fraction of sp³-hybridized carbons (Fsp3) is 0.300. The Kier molecular flexibility index (Phi) is 7.01. The van der Waals surface area contributed by atoms with Gasteiger partial charge >= 0.3 is 5.97 Å². The monoisotopic (exact) mass is 341 g/mol. The quantitative estimate of drug-likeness (QED) is 0.589. The third-order valence-electron chi connectivity index (χ3n) is 3.43. The van der Waals surface area contributed by atoms with Crippen LogP contribution in [0.15, 0.2) is 48.5 Å². The van der Waals surface area contributed by atoms with Crippen molar-refractivity contribution in [2.24, 2.45) is 0 Å². The van der Waals surface area contributed by atoms with Crippen LogP contribution in [0.4, 0.5) is 0 Å². The van der Waals surface area contributed by atoms with Crippen LogP contribution in [-0.2, 0) is 4.79 Å². The number of carbonyl (C=O) groups excluding carboxylic acids is 2. The molecular weight excluding hydrogens is 318 g/mol. The Hall–Kier alpha value is -2.82. The van der Waals surface area contributed by atoms with Crippen LogP contribution in [0, 0.1) is 6.92 Å². The minimum Gasteiger partial charge on any atom is -0.490 e. The van der Waals surface area contributed by atoms with Gasteiger partial charge in [0.2, 0.25) is 0 Å². The lowest BCUT2D eigenvalue weighted by molar-refractivity contribution is -0.134. The topological polar surface area (TPSA) is 64.6 Å². The van der Waals surface area contributed by atoms with Crippen molar-refractivity contribution in [3.05, 3.63) is 59.7 Å². The summed E-state index contributed by atoms with van der Waals surface area (Å²) in [6.07, 6.45) is 0.951. The molecule has 132 valence electrons. The summed E-state index contributed by atoms with van der Waals surface area (Å²) >= 11 is 0. The van der Waals surface area contributed by atoms with Gasteiger partial charge in [0, 0.05) is 12.1 Å². The van der Waals surface area contributed by atoms with Gasteiger partial charge in [-0.05, 0) is 37.6 Å². The summed E-state index contributed by atoms with van der Waals surface area (Å²) in [5, 5.41) is 2.72. The smallest absolute Gasteiger partial charge is 0.313 e. The first kappa shape index (κ1) is 18.5. The molecule has 0 spiro atoms. The summed E-state index contributed by atoms with van der Waals surface area (Å²) in [6, 6.07) is 14.3. The van der Waals surface area contributed by atoms with Gasteiger partial charge in [-0.15, -0.1) is 0 Å². The standard InChI is InChI=1S/C20H23NO4/c1-3-13-24-17-9-4-5-10-18(17)25-19(22)11-12-21-20(23)16-8-6-7-15(2)14-16/h4-10,14H,3,11-13H2,1-2H3,(H,21,23). The number of aryl methyl sites for hydroxylation is 1. The molecule has 1 N–H and O–H groups in total. The van der Waals surface area contributed by atoms with Gasteiger partial charge in [-0.3, -0.25) is 9.59 Å². The van der Waals surface area contributed by atoms with Crippen LogP contribution >= 0.6 is 0 Å². The summed E-state index contributed by atoms with van der Waals surface area (Å²) in [5.41, 5.74) is 1.59. The third kappa shape index (κ3) is 5.95. The van der Waals surface area contributed by atoms with Crippen LogP contribution in [0.25, 0.3) is 0 Å². The first-order valence-corrected chi connectivity index (χ1v) is 8.37. The minimum atomic E-state index is -0.419. The lowest BCUT2D eigenvalue weighted by Gasteiger charge is -2.11. The Bertz CT molecular complexity index is 727. The fourth-order valence-corrected chi connectivity index (χ4v) is 2.21. The van der Waals surface area contributed by atoms with Gasteiger partial charge in [-0.1, -0.05) is 36.8 Å². The molecule has 2 rings (SSSR count). The van der Waals surface area contributed by atoms with Crippen molar-refractivity contribution in [2.75, 3.05) is 13.2 Å². The molecule has 0 aliphatic carbocycles. The highest BCUT2D eigenvalue weighted by molar-refractivity contribution is 5.94. The fourth-order valence-electron chi connectivity index (χ4n) is 2.21. The number of esters is 1. The molecule has 0 bridgehead atoms. The van der Waals surface area contributed by atoms with Crippen molar-refractivity contribution in [1.82, 2.24) is 5.32 Å². The highest BCUT2D eigenvalue weighted by Gasteiger charge is 2.11. The van der Waals surface area contributed by atoms with E-state index in [1.54, 1.807) is 30.3 Å². The SMILES string of the molecule is CCCOc1ccccc1OC(=O)CCNC(=O)c1cccc(C)c1. The Morgan fingerprint density at radius 2 is 1.80 bits per heavy atom. The Balaban J connectivity index is 1.82. The van der Waals surface area contributed by atoms with E-state index in [2.05, 4.69) is 5.32 Å². The van der Waals surface area contributed by atoms with Gasteiger partial charge in [0.05, 0.1) is 13.0 Å². The number of hydrogen-bond donors (Lipinski definition) is 1. The van der Waals surface area contributed by atoms with Crippen LogP contribution in [-0.4, -0.2) is 25.0 Å². The molecule has 0 aromatic heterocycles. The average Bonchev–Trinajstić information content (AvgIpc) is 2.61. The second-order valence-electron chi connectivity index (χ2n) is 5.64. The summed E-state index contributed by atoms with van der Waals surface area (Å²) in [7, 11) is 0. The van der Waals surface area contributed by atoms with Gasteiger partial charge in [-0.2, -0.15) is 0 Å². The Morgan fingerprint density at radius 3 is 2.52 bits per heavy atom. The number of para-hydroxylation sites is 2. The lowest BCUT2D eigenvalue weighted by atomic mass is 10.1. The molecule has 0 fully saturated rings. The number of benzene rings is 2. The van der Waals surface area contributed by atoms with E-state index in [9.17, 15) is 9.59 Å². The van der Waals surface area contributed by atoms with E-state index in [0.717, 1.165) is 12.0 Å². The maximum atomic E-state index is 12.0. The zero-order chi connectivity index (χ0) is 18.1. The molecule has 25 heavy (non-hydrogen) atoms. The van der Waals surface area contributed by atoms with Crippen LogP contribution in [0.3, 0.4) is 0 Å². The van der Waals surface area contributed by atoms with E-state index in [-0.39, 0.29) is 18.9 Å². The van der Waals surface area contributed by atoms with Crippen molar-refractivity contribution >= 4 is 11.9 Å². The third-order valence-corrected chi connectivity index (χ3v) is 3.43. The average molecular weight is 341 g/mol. The van der Waals surface area contributed by atoms with Gasteiger partial charge in [0.1, 0.15) is 0 Å². The van der Waals surface area contributed by atoms with E-state index in [0.29, 0.717) is 23.7 Å². The normalized spacial score (nSPS) is 10.2. The Morgan fingerprint density at radius 1 is 1.04 bits per heavy atom. The van der Waals surface area contributed by atoms with Crippen molar-refractivity contribution in [3.8, 4) is 11.5 Å². The molecule has 5 heteroatoms. The zero-order valence-electron chi connectivity index (χ0n) is 14.6. The maximum Gasteiger partial charge on any atom is 0.313 e. The molecule has 0 unspecified atom stereocenters. The van der Waals surface area contributed by atoms with Crippen LogP contribution < -0.4 is 14.8 Å². The van der Waals surface area contributed by atoms with Gasteiger partial charge in [0.15, 0.2) is 11.5 Å². The summed E-state index contributed by atoms with van der Waals surface area (Å²) < 4.78 is 10.9. The van der Waals surface area contributed by atoms with Crippen LogP contribution in [0.2, 0.25) is 0 Å². The largest absolute Gasteiger partial charge is 0.490 e. The predicted molar refractivity (Wildman–Crippen MR) is 96.0 cm³/mol. The lowest BCUT2D eigenvalue weighted by Crippen LogP contribution is -2.27. The summed E-state index contributed by atoms with van der Waals surface area (Å²) in [4.78, 5) is 24.0. The molecular formula is C20H23NO4. The number of amides is 1. The van der Waals surface area contributed by atoms with Gasteiger partial charge < -0.3 is 14.8 Å². The highest BCUT2D eigenvalue weighted by Crippen LogP contribution is 2.26. The van der Waals surface area contributed by atoms with Crippen LogP contribution in [0.5, 0.6) is 11.5 Å². The van der Waals surface area contributed by atoms with Crippen molar-refractivity contribution in [3.63, 3.8) is 0 Å². The molecule has 1 amide bonds. The molecule has 0 saturated heterocycles. The molecule has 0 aliphatic heterocycles. The molecule has 0 saturated carbocycles. The number of nitrogens with one attached hydrogen (secondary N) is 1. The first-order chi connectivity index (χ1) is 12.1. The minimum absolute atomic E-state index is 0.0830. The zero-order valence-corrected chi connectivity index (χ0v) is 14.6. The molecule has 2 aromatic rings. The molecule has 0 heterocycles.